The Morgan fingerprint density at radius 1 is 1.28 bits per heavy atom. The van der Waals surface area contributed by atoms with Crippen LogP contribution in [-0.4, -0.2) is 14.8 Å². The highest BCUT2D eigenvalue weighted by Crippen LogP contribution is 2.36. The third-order valence-electron chi connectivity index (χ3n) is 3.41. The maximum atomic E-state index is 6.05. The number of nitrogens with zero attached hydrogens (tertiary/aromatic N) is 3. The number of benzene rings is 1. The van der Waals surface area contributed by atoms with Crippen molar-refractivity contribution in [3.63, 3.8) is 0 Å². The summed E-state index contributed by atoms with van der Waals surface area (Å²) in [4.78, 5) is 0. The van der Waals surface area contributed by atoms with Gasteiger partial charge < -0.3 is 0 Å². The van der Waals surface area contributed by atoms with Gasteiger partial charge in [0.1, 0.15) is 5.82 Å². The van der Waals surface area contributed by atoms with Crippen molar-refractivity contribution in [2.24, 2.45) is 0 Å². The summed E-state index contributed by atoms with van der Waals surface area (Å²) in [6, 6.07) is 7.72. The SMILES string of the molecule is ClCc1nnc(C2CCC2)n1-c1cccc(Cl)c1. The van der Waals surface area contributed by atoms with Crippen molar-refractivity contribution < 1.29 is 0 Å². The minimum atomic E-state index is 0.353. The van der Waals surface area contributed by atoms with Gasteiger partial charge in [-0.05, 0) is 31.0 Å². The van der Waals surface area contributed by atoms with Gasteiger partial charge in [-0.3, -0.25) is 4.57 Å². The number of aromatic nitrogens is 3. The monoisotopic (exact) mass is 281 g/mol. The number of alkyl halides is 1. The second-order valence-electron chi connectivity index (χ2n) is 4.55. The molecule has 0 unspecified atom stereocenters. The number of rotatable bonds is 3. The molecule has 0 spiro atoms. The van der Waals surface area contributed by atoms with Crippen LogP contribution in [0.3, 0.4) is 0 Å². The molecule has 0 amide bonds. The molecule has 0 bridgehead atoms. The summed E-state index contributed by atoms with van der Waals surface area (Å²) < 4.78 is 2.04. The van der Waals surface area contributed by atoms with Gasteiger partial charge in [-0.15, -0.1) is 21.8 Å². The Morgan fingerprint density at radius 2 is 2.11 bits per heavy atom. The van der Waals surface area contributed by atoms with Crippen molar-refractivity contribution in [1.29, 1.82) is 0 Å². The lowest BCUT2D eigenvalue weighted by molar-refractivity contribution is 0.396. The second-order valence-corrected chi connectivity index (χ2v) is 5.25. The zero-order valence-corrected chi connectivity index (χ0v) is 11.3. The summed E-state index contributed by atoms with van der Waals surface area (Å²) in [5.41, 5.74) is 0.991. The van der Waals surface area contributed by atoms with Gasteiger partial charge in [-0.25, -0.2) is 0 Å². The Hall–Kier alpha value is -1.06. The third kappa shape index (κ3) is 2.02. The third-order valence-corrected chi connectivity index (χ3v) is 3.89. The molecule has 1 heterocycles. The van der Waals surface area contributed by atoms with Crippen molar-refractivity contribution >= 4 is 23.2 Å². The molecule has 18 heavy (non-hydrogen) atoms. The van der Waals surface area contributed by atoms with Crippen LogP contribution < -0.4 is 0 Å². The first-order valence-corrected chi connectivity index (χ1v) is 6.97. The lowest BCUT2D eigenvalue weighted by atomic mass is 9.85. The van der Waals surface area contributed by atoms with E-state index in [0.717, 1.165) is 17.3 Å². The van der Waals surface area contributed by atoms with E-state index in [1.54, 1.807) is 0 Å². The summed E-state index contributed by atoms with van der Waals surface area (Å²) in [5.74, 6) is 2.65. The molecule has 3 nitrogen and oxygen atoms in total. The molecule has 2 aromatic rings. The van der Waals surface area contributed by atoms with Crippen molar-refractivity contribution in [2.75, 3.05) is 0 Å². The van der Waals surface area contributed by atoms with Crippen LogP contribution in [0.1, 0.15) is 36.8 Å². The van der Waals surface area contributed by atoms with Gasteiger partial charge in [0.25, 0.3) is 0 Å². The summed E-state index contributed by atoms with van der Waals surface area (Å²) in [6.07, 6.45) is 3.63. The van der Waals surface area contributed by atoms with Crippen LogP contribution in [0.4, 0.5) is 0 Å². The normalized spacial score (nSPS) is 15.7. The highest BCUT2D eigenvalue weighted by Gasteiger charge is 2.26. The number of hydrogen-bond acceptors (Lipinski definition) is 2. The van der Waals surface area contributed by atoms with Crippen molar-refractivity contribution in [1.82, 2.24) is 14.8 Å². The molecule has 1 saturated carbocycles. The van der Waals surface area contributed by atoms with Crippen LogP contribution in [0.15, 0.2) is 24.3 Å². The highest BCUT2D eigenvalue weighted by molar-refractivity contribution is 6.30. The molecular formula is C13H13Cl2N3. The fourth-order valence-electron chi connectivity index (χ4n) is 2.24. The largest absolute Gasteiger partial charge is 0.282 e. The van der Waals surface area contributed by atoms with E-state index in [4.69, 9.17) is 23.2 Å². The Kier molecular flexibility index (Phi) is 3.27. The fourth-order valence-corrected chi connectivity index (χ4v) is 2.60. The van der Waals surface area contributed by atoms with Crippen LogP contribution in [0.25, 0.3) is 5.69 Å². The van der Waals surface area contributed by atoms with Crippen LogP contribution in [0.5, 0.6) is 0 Å². The molecule has 94 valence electrons. The molecule has 5 heteroatoms. The predicted octanol–water partition coefficient (Wildman–Crippen LogP) is 3.93. The van der Waals surface area contributed by atoms with Crippen molar-refractivity contribution in [3.8, 4) is 5.69 Å². The highest BCUT2D eigenvalue weighted by atomic mass is 35.5. The van der Waals surface area contributed by atoms with Gasteiger partial charge in [0.2, 0.25) is 0 Å². The Balaban J connectivity index is 2.10. The van der Waals surface area contributed by atoms with Gasteiger partial charge in [0.15, 0.2) is 5.82 Å². The smallest absolute Gasteiger partial charge is 0.152 e. The van der Waals surface area contributed by atoms with E-state index in [0.29, 0.717) is 16.8 Å². The van der Waals surface area contributed by atoms with Crippen molar-refractivity contribution in [3.05, 3.63) is 40.9 Å². The quantitative estimate of drug-likeness (QED) is 0.799. The summed E-state index contributed by atoms with van der Waals surface area (Å²) in [6.45, 7) is 0. The minimum absolute atomic E-state index is 0.353. The maximum Gasteiger partial charge on any atom is 0.152 e. The summed E-state index contributed by atoms with van der Waals surface area (Å²) >= 11 is 12.0. The first kappa shape index (κ1) is 12.0. The van der Waals surface area contributed by atoms with E-state index in [9.17, 15) is 0 Å². The van der Waals surface area contributed by atoms with Crippen LogP contribution >= 0.6 is 23.2 Å². The maximum absolute atomic E-state index is 6.05. The Bertz CT molecular complexity index is 561. The minimum Gasteiger partial charge on any atom is -0.282 e. The topological polar surface area (TPSA) is 30.7 Å². The average Bonchev–Trinajstić information content (AvgIpc) is 2.70. The van der Waals surface area contributed by atoms with Crippen LogP contribution in [0, 0.1) is 0 Å². The van der Waals surface area contributed by atoms with Gasteiger partial charge in [-0.2, -0.15) is 0 Å². The van der Waals surface area contributed by atoms with E-state index in [2.05, 4.69) is 10.2 Å². The first-order chi connectivity index (χ1) is 8.79. The molecule has 0 atom stereocenters. The number of halogens is 2. The summed E-state index contributed by atoms with van der Waals surface area (Å²) in [5, 5.41) is 9.19. The van der Waals surface area contributed by atoms with Gasteiger partial charge in [0, 0.05) is 10.9 Å². The standard InChI is InChI=1S/C13H13Cl2N3/c14-8-12-16-17-13(9-3-1-4-9)18(12)11-6-2-5-10(15)7-11/h2,5-7,9H,1,3-4,8H2. The first-order valence-electron chi connectivity index (χ1n) is 6.05. The molecule has 1 aliphatic carbocycles. The van der Waals surface area contributed by atoms with Crippen molar-refractivity contribution in [2.45, 2.75) is 31.1 Å². The van der Waals surface area contributed by atoms with E-state index >= 15 is 0 Å². The van der Waals surface area contributed by atoms with Crippen LogP contribution in [0.2, 0.25) is 5.02 Å². The van der Waals surface area contributed by atoms with E-state index < -0.39 is 0 Å². The molecule has 1 aromatic carbocycles. The molecule has 0 N–H and O–H groups in total. The lowest BCUT2D eigenvalue weighted by Crippen LogP contribution is -2.15. The molecule has 0 aliphatic heterocycles. The zero-order valence-electron chi connectivity index (χ0n) is 9.81. The van der Waals surface area contributed by atoms with E-state index in [-0.39, 0.29) is 0 Å². The predicted molar refractivity (Wildman–Crippen MR) is 72.5 cm³/mol. The van der Waals surface area contributed by atoms with Gasteiger partial charge >= 0.3 is 0 Å². The molecule has 0 saturated heterocycles. The van der Waals surface area contributed by atoms with E-state index in [1.807, 2.05) is 28.8 Å². The molecule has 1 fully saturated rings. The Labute approximate surface area is 116 Å². The van der Waals surface area contributed by atoms with Gasteiger partial charge in [-0.1, -0.05) is 24.1 Å². The second kappa shape index (κ2) is 4.90. The van der Waals surface area contributed by atoms with E-state index in [1.165, 1.54) is 19.3 Å². The zero-order chi connectivity index (χ0) is 12.5. The molecule has 1 aliphatic rings. The average molecular weight is 282 g/mol. The molecular weight excluding hydrogens is 269 g/mol. The number of hydrogen-bond donors (Lipinski definition) is 0. The molecule has 3 rings (SSSR count). The summed E-state index contributed by atoms with van der Waals surface area (Å²) in [7, 11) is 0. The van der Waals surface area contributed by atoms with Gasteiger partial charge in [0.05, 0.1) is 11.6 Å². The van der Waals surface area contributed by atoms with Crippen LogP contribution in [-0.2, 0) is 5.88 Å². The Morgan fingerprint density at radius 3 is 2.72 bits per heavy atom. The molecule has 0 radical (unpaired) electrons. The molecule has 1 aromatic heterocycles. The fraction of sp³-hybridized carbons (Fsp3) is 0.385. The lowest BCUT2D eigenvalue weighted by Gasteiger charge is -2.25.